The van der Waals surface area contributed by atoms with Crippen LogP contribution in [-0.2, 0) is 30.2 Å². The summed E-state index contributed by atoms with van der Waals surface area (Å²) >= 11 is 0. The van der Waals surface area contributed by atoms with Gasteiger partial charge in [0.05, 0.1) is 24.3 Å². The van der Waals surface area contributed by atoms with Gasteiger partial charge < -0.3 is 13.6 Å². The van der Waals surface area contributed by atoms with Crippen molar-refractivity contribution in [1.82, 2.24) is 9.78 Å². The summed E-state index contributed by atoms with van der Waals surface area (Å²) in [5, 5.41) is 4.61. The molecule has 1 unspecified atom stereocenters. The summed E-state index contributed by atoms with van der Waals surface area (Å²) in [7, 11) is -2.11. The Morgan fingerprint density at radius 2 is 1.68 bits per heavy atom. The number of ether oxygens (including phenoxy) is 1. The number of ketones is 1. The number of rotatable bonds is 6. The van der Waals surface area contributed by atoms with Crippen molar-refractivity contribution >= 4 is 34.5 Å². The highest BCUT2D eigenvalue weighted by Crippen LogP contribution is 2.58. The number of carbonyl (C=O) groups is 2. The van der Waals surface area contributed by atoms with Crippen molar-refractivity contribution in [3.05, 3.63) is 23.0 Å². The number of hydrogen-bond acceptors (Lipinski definition) is 6. The zero-order valence-corrected chi connectivity index (χ0v) is 32.3. The summed E-state index contributed by atoms with van der Waals surface area (Å²) in [4.78, 5) is 28.2. The molecular weight excluding hydrogens is 585 g/mol. The first-order valence-electron chi connectivity index (χ1n) is 16.8. The number of carbonyl (C=O) groups excluding carboxylic acids is 2. The molecule has 7 atom stereocenters. The van der Waals surface area contributed by atoms with E-state index in [4.69, 9.17) is 13.6 Å². The summed E-state index contributed by atoms with van der Waals surface area (Å²) in [5.74, 6) is 0.230. The van der Waals surface area contributed by atoms with E-state index in [2.05, 4.69) is 70.4 Å². The van der Waals surface area contributed by atoms with Crippen molar-refractivity contribution in [1.29, 1.82) is 0 Å². The van der Waals surface area contributed by atoms with Crippen LogP contribution in [0.15, 0.2) is 11.6 Å². The Bertz CT molecular complexity index is 1190. The number of nitrogens with zero attached hydrogens (tertiary/aromatic N) is 2. The van der Waals surface area contributed by atoms with E-state index in [9.17, 15) is 9.59 Å². The van der Waals surface area contributed by atoms with Gasteiger partial charge in [0.2, 0.25) is 0 Å². The molecule has 1 aliphatic carbocycles. The molecule has 0 aromatic carbocycles. The van der Waals surface area contributed by atoms with E-state index in [1.165, 1.54) is 0 Å². The predicted molar refractivity (Wildman–Crippen MR) is 184 cm³/mol. The first-order chi connectivity index (χ1) is 20.0. The second-order valence-corrected chi connectivity index (χ2v) is 25.8. The van der Waals surface area contributed by atoms with E-state index in [0.717, 1.165) is 49.1 Å². The lowest BCUT2D eigenvalue weighted by atomic mass is 9.73. The zero-order valence-electron chi connectivity index (χ0n) is 30.3. The Labute approximate surface area is 270 Å². The summed E-state index contributed by atoms with van der Waals surface area (Å²) in [6.07, 6.45) is 6.20. The van der Waals surface area contributed by atoms with Crippen molar-refractivity contribution < 1.29 is 23.2 Å². The fourth-order valence-corrected chi connectivity index (χ4v) is 9.47. The van der Waals surface area contributed by atoms with E-state index in [-0.39, 0.29) is 47.6 Å². The molecule has 0 amide bonds. The molecule has 1 aromatic rings. The minimum Gasteiger partial charge on any atom is -0.458 e. The van der Waals surface area contributed by atoms with Crippen molar-refractivity contribution in [2.24, 2.45) is 35.6 Å². The molecule has 44 heavy (non-hydrogen) atoms. The Hall–Kier alpha value is -1.56. The SMILES string of the molecule is C/C(=C\c1cc(C)n(C)n1)[C@@H]1C[C@@H]2C[C@]2(C)CCC[C@H](C)C(O[Si](C)(C)C)[C@@H](C)C(=O)C(C)(C)[C@@H](O[Si](C)(C)C)CC(=O)O1. The van der Waals surface area contributed by atoms with Crippen LogP contribution in [-0.4, -0.2) is 56.5 Å². The van der Waals surface area contributed by atoms with Gasteiger partial charge in [-0.2, -0.15) is 5.10 Å². The molecule has 2 aliphatic rings. The number of aryl methyl sites for hydroxylation is 2. The van der Waals surface area contributed by atoms with Crippen LogP contribution in [0.25, 0.3) is 6.08 Å². The van der Waals surface area contributed by atoms with Gasteiger partial charge in [0.15, 0.2) is 16.6 Å². The lowest BCUT2D eigenvalue weighted by Gasteiger charge is -2.41. The number of Topliss-reactive ketones (excluding diaryl/α,β-unsaturated/α-hetero) is 1. The molecule has 2 fully saturated rings. The van der Waals surface area contributed by atoms with Gasteiger partial charge in [-0.05, 0) is 114 Å². The van der Waals surface area contributed by atoms with E-state index < -0.39 is 28.2 Å². The number of esters is 1. The number of hydrogen-bond donors (Lipinski definition) is 0. The fourth-order valence-electron chi connectivity index (χ4n) is 6.98. The molecule has 0 spiro atoms. The molecule has 1 saturated heterocycles. The lowest BCUT2D eigenvalue weighted by Crippen LogP contribution is -2.51. The fraction of sp³-hybridized carbons (Fsp3) is 0.800. The molecule has 0 bridgehead atoms. The van der Waals surface area contributed by atoms with Crippen LogP contribution < -0.4 is 0 Å². The minimum absolute atomic E-state index is 0.0409. The molecule has 0 N–H and O–H groups in total. The van der Waals surface area contributed by atoms with Crippen LogP contribution in [0.2, 0.25) is 39.3 Å². The third-order valence-electron chi connectivity index (χ3n) is 9.98. The van der Waals surface area contributed by atoms with Gasteiger partial charge in [-0.15, -0.1) is 0 Å². The molecule has 3 rings (SSSR count). The zero-order chi connectivity index (χ0) is 33.4. The summed E-state index contributed by atoms with van der Waals surface area (Å²) in [6, 6.07) is 2.05. The standard InChI is InChI=1S/C35H62N2O5Si2/c1-23-16-15-17-35(7)22-27(35)20-29(24(2)18-28-19-25(3)37(8)36-28)40-31(38)21-30(41-43(9,10)11)34(5,6)33(39)26(4)32(23)42-44(12,13)14/h18-19,23,26-27,29-30,32H,15-17,20-22H2,1-14H3/b24-18+/t23-,26+,27+,29-,30-,32?,35-/m0/s1. The molecule has 9 heteroatoms. The molecule has 7 nitrogen and oxygen atoms in total. The Morgan fingerprint density at radius 3 is 2.23 bits per heavy atom. The van der Waals surface area contributed by atoms with E-state index in [1.807, 2.05) is 46.3 Å². The third kappa shape index (κ3) is 9.72. The average Bonchev–Trinajstić information content (AvgIpc) is 3.39. The van der Waals surface area contributed by atoms with E-state index in [1.54, 1.807) is 0 Å². The topological polar surface area (TPSA) is 79.7 Å². The van der Waals surface area contributed by atoms with Gasteiger partial charge in [0, 0.05) is 24.1 Å². The van der Waals surface area contributed by atoms with Crippen LogP contribution in [0, 0.1) is 35.5 Å². The second kappa shape index (κ2) is 13.7. The van der Waals surface area contributed by atoms with Gasteiger partial charge >= 0.3 is 5.97 Å². The van der Waals surface area contributed by atoms with Crippen molar-refractivity contribution in [2.75, 3.05) is 0 Å². The highest BCUT2D eigenvalue weighted by atomic mass is 28.4. The normalized spacial score (nSPS) is 33.1. The molecule has 250 valence electrons. The lowest BCUT2D eigenvalue weighted by molar-refractivity contribution is -0.153. The van der Waals surface area contributed by atoms with Crippen LogP contribution in [0.5, 0.6) is 0 Å². The quantitative estimate of drug-likeness (QED) is 0.228. The first kappa shape index (κ1) is 36.9. The molecule has 2 heterocycles. The third-order valence-corrected chi connectivity index (χ3v) is 11.9. The maximum absolute atomic E-state index is 14.4. The van der Waals surface area contributed by atoms with E-state index >= 15 is 0 Å². The van der Waals surface area contributed by atoms with Crippen LogP contribution >= 0.6 is 0 Å². The Balaban J connectivity index is 2.00. The number of cyclic esters (lactones) is 1. The monoisotopic (exact) mass is 646 g/mol. The molecular formula is C35H62N2O5Si2. The molecule has 1 aromatic heterocycles. The van der Waals surface area contributed by atoms with Crippen molar-refractivity contribution in [3.63, 3.8) is 0 Å². The maximum Gasteiger partial charge on any atom is 0.309 e. The Kier molecular flexibility index (Phi) is 11.5. The largest absolute Gasteiger partial charge is 0.458 e. The number of aromatic nitrogens is 2. The molecule has 0 radical (unpaired) electrons. The van der Waals surface area contributed by atoms with Crippen LogP contribution in [0.4, 0.5) is 0 Å². The minimum atomic E-state index is -2.12. The van der Waals surface area contributed by atoms with E-state index in [0.29, 0.717) is 5.92 Å². The van der Waals surface area contributed by atoms with Crippen LogP contribution in [0.3, 0.4) is 0 Å². The summed E-state index contributed by atoms with van der Waals surface area (Å²) in [5.41, 5.74) is 2.29. The van der Waals surface area contributed by atoms with Gasteiger partial charge in [-0.25, -0.2) is 0 Å². The molecule has 1 saturated carbocycles. The average molecular weight is 647 g/mol. The second-order valence-electron chi connectivity index (χ2n) is 16.9. The van der Waals surface area contributed by atoms with Gasteiger partial charge in [-0.3, -0.25) is 14.3 Å². The smallest absolute Gasteiger partial charge is 0.309 e. The van der Waals surface area contributed by atoms with Crippen molar-refractivity contribution in [2.45, 2.75) is 145 Å². The van der Waals surface area contributed by atoms with Crippen molar-refractivity contribution in [3.8, 4) is 0 Å². The van der Waals surface area contributed by atoms with Gasteiger partial charge in [-0.1, -0.05) is 41.0 Å². The predicted octanol–water partition coefficient (Wildman–Crippen LogP) is 8.34. The summed E-state index contributed by atoms with van der Waals surface area (Å²) < 4.78 is 21.6. The summed E-state index contributed by atoms with van der Waals surface area (Å²) in [6.45, 7) is 27.6. The molecule has 1 aliphatic heterocycles. The Morgan fingerprint density at radius 1 is 1.07 bits per heavy atom. The highest BCUT2D eigenvalue weighted by molar-refractivity contribution is 6.70. The number of fused-ring (bicyclic) bond motifs is 1. The maximum atomic E-state index is 14.4. The highest BCUT2D eigenvalue weighted by Gasteiger charge is 2.51. The van der Waals surface area contributed by atoms with Gasteiger partial charge in [0.1, 0.15) is 11.9 Å². The first-order valence-corrected chi connectivity index (χ1v) is 23.6. The van der Waals surface area contributed by atoms with Crippen LogP contribution in [0.1, 0.15) is 91.5 Å². The van der Waals surface area contributed by atoms with Gasteiger partial charge in [0.25, 0.3) is 0 Å².